The summed E-state index contributed by atoms with van der Waals surface area (Å²) in [4.78, 5) is 7.16. The Kier molecular flexibility index (Phi) is 3.21. The minimum Gasteiger partial charge on any atom is -0.496 e. The van der Waals surface area contributed by atoms with Gasteiger partial charge < -0.3 is 9.72 Å². The van der Waals surface area contributed by atoms with Crippen LogP contribution in [-0.2, 0) is 0 Å². The van der Waals surface area contributed by atoms with E-state index in [1.165, 1.54) is 0 Å². The summed E-state index contributed by atoms with van der Waals surface area (Å²) in [5.74, 6) is 0.776. The van der Waals surface area contributed by atoms with Crippen LogP contribution in [0.15, 0.2) is 23.1 Å². The highest BCUT2D eigenvalue weighted by Crippen LogP contribution is 2.33. The van der Waals surface area contributed by atoms with Gasteiger partial charge in [0.25, 0.3) is 0 Å². The van der Waals surface area contributed by atoms with Gasteiger partial charge in [0.05, 0.1) is 19.0 Å². The van der Waals surface area contributed by atoms with E-state index < -0.39 is 0 Å². The average molecular weight is 302 g/mol. The molecule has 2 aromatic rings. The normalized spacial score (nSPS) is 10.5. The summed E-state index contributed by atoms with van der Waals surface area (Å²) >= 11 is 9.37. The van der Waals surface area contributed by atoms with Crippen molar-refractivity contribution in [1.82, 2.24) is 9.97 Å². The van der Waals surface area contributed by atoms with Crippen molar-refractivity contribution in [1.29, 1.82) is 0 Å². The van der Waals surface area contributed by atoms with Crippen molar-refractivity contribution in [2.75, 3.05) is 7.11 Å². The Bertz CT molecular complexity index is 525. The third-order valence-electron chi connectivity index (χ3n) is 2.32. The van der Waals surface area contributed by atoms with Gasteiger partial charge in [-0.05, 0) is 40.5 Å². The molecule has 0 aliphatic carbocycles. The molecule has 1 aromatic heterocycles. The number of imidazole rings is 1. The fraction of sp³-hybridized carbons (Fsp3) is 0.182. The molecule has 0 radical (unpaired) electrons. The molecular weight excluding hydrogens is 291 g/mol. The van der Waals surface area contributed by atoms with Crippen molar-refractivity contribution in [2.24, 2.45) is 0 Å². The van der Waals surface area contributed by atoms with Crippen LogP contribution in [0, 0.1) is 6.92 Å². The standard InChI is InChI=1S/C11H10BrClN2O/c1-6-3-10(16-2)7(4-8(6)13)9-5-14-11(12)15-9/h3-5H,1-2H3,(H,14,15). The lowest BCUT2D eigenvalue weighted by atomic mass is 10.1. The van der Waals surface area contributed by atoms with Gasteiger partial charge >= 0.3 is 0 Å². The summed E-state index contributed by atoms with van der Waals surface area (Å²) in [6, 6.07) is 3.78. The number of hydrogen-bond acceptors (Lipinski definition) is 2. The van der Waals surface area contributed by atoms with Crippen LogP contribution in [0.3, 0.4) is 0 Å². The molecule has 0 aliphatic heterocycles. The molecule has 0 atom stereocenters. The van der Waals surface area contributed by atoms with Crippen LogP contribution in [0.2, 0.25) is 5.02 Å². The molecule has 0 amide bonds. The Hall–Kier alpha value is -1.00. The maximum Gasteiger partial charge on any atom is 0.174 e. The molecule has 5 heteroatoms. The Morgan fingerprint density at radius 3 is 2.75 bits per heavy atom. The Morgan fingerprint density at radius 2 is 2.19 bits per heavy atom. The quantitative estimate of drug-likeness (QED) is 0.916. The van der Waals surface area contributed by atoms with Gasteiger partial charge in [-0.1, -0.05) is 11.6 Å². The molecule has 0 saturated heterocycles. The first-order valence-corrected chi connectivity index (χ1v) is 5.84. The number of halogens is 2. The predicted molar refractivity (Wildman–Crippen MR) is 68.0 cm³/mol. The van der Waals surface area contributed by atoms with Gasteiger partial charge in [-0.2, -0.15) is 0 Å². The second kappa shape index (κ2) is 4.47. The van der Waals surface area contributed by atoms with E-state index in [0.29, 0.717) is 9.76 Å². The molecular formula is C11H10BrClN2O. The first-order valence-electron chi connectivity index (χ1n) is 4.67. The summed E-state index contributed by atoms with van der Waals surface area (Å²) in [5.41, 5.74) is 2.75. The van der Waals surface area contributed by atoms with E-state index in [2.05, 4.69) is 25.9 Å². The van der Waals surface area contributed by atoms with Crippen LogP contribution in [0.5, 0.6) is 5.75 Å². The summed E-state index contributed by atoms with van der Waals surface area (Å²) in [6.07, 6.45) is 1.73. The van der Waals surface area contributed by atoms with E-state index in [1.807, 2.05) is 19.1 Å². The predicted octanol–water partition coefficient (Wildman–Crippen LogP) is 3.81. The molecule has 0 aliphatic rings. The minimum atomic E-state index is 0.682. The van der Waals surface area contributed by atoms with E-state index in [1.54, 1.807) is 13.3 Å². The van der Waals surface area contributed by atoms with E-state index in [9.17, 15) is 0 Å². The average Bonchev–Trinajstić information content (AvgIpc) is 2.68. The van der Waals surface area contributed by atoms with Gasteiger partial charge in [-0.3, -0.25) is 0 Å². The molecule has 2 rings (SSSR count). The molecule has 1 N–H and O–H groups in total. The number of aromatic amines is 1. The Morgan fingerprint density at radius 1 is 1.44 bits per heavy atom. The third kappa shape index (κ3) is 2.08. The van der Waals surface area contributed by atoms with Gasteiger partial charge in [0.15, 0.2) is 4.73 Å². The SMILES string of the molecule is COc1cc(C)c(Cl)cc1-c1cnc(Br)[nH]1. The summed E-state index contributed by atoms with van der Waals surface area (Å²) in [5, 5.41) is 0.710. The zero-order chi connectivity index (χ0) is 11.7. The number of nitrogens with zero attached hydrogens (tertiary/aromatic N) is 1. The van der Waals surface area contributed by atoms with Crippen molar-refractivity contribution in [2.45, 2.75) is 6.92 Å². The zero-order valence-electron chi connectivity index (χ0n) is 8.84. The van der Waals surface area contributed by atoms with Crippen LogP contribution in [0.25, 0.3) is 11.3 Å². The second-order valence-electron chi connectivity index (χ2n) is 3.39. The molecule has 0 unspecified atom stereocenters. The number of aryl methyl sites for hydroxylation is 1. The van der Waals surface area contributed by atoms with Gasteiger partial charge in [0.1, 0.15) is 5.75 Å². The van der Waals surface area contributed by atoms with Crippen molar-refractivity contribution in [3.05, 3.63) is 33.6 Å². The van der Waals surface area contributed by atoms with Crippen molar-refractivity contribution in [3.8, 4) is 17.0 Å². The number of benzene rings is 1. The number of ether oxygens (including phenoxy) is 1. The molecule has 16 heavy (non-hydrogen) atoms. The first-order chi connectivity index (χ1) is 7.61. The molecule has 0 bridgehead atoms. The fourth-order valence-corrected chi connectivity index (χ4v) is 1.95. The third-order valence-corrected chi connectivity index (χ3v) is 3.13. The molecule has 3 nitrogen and oxygen atoms in total. The summed E-state index contributed by atoms with van der Waals surface area (Å²) in [7, 11) is 1.64. The summed E-state index contributed by atoms with van der Waals surface area (Å²) < 4.78 is 6.00. The van der Waals surface area contributed by atoms with Crippen LogP contribution in [0.1, 0.15) is 5.56 Å². The van der Waals surface area contributed by atoms with E-state index in [0.717, 1.165) is 22.6 Å². The van der Waals surface area contributed by atoms with Gasteiger partial charge in [0.2, 0.25) is 0 Å². The molecule has 0 fully saturated rings. The van der Waals surface area contributed by atoms with E-state index in [-0.39, 0.29) is 0 Å². The molecule has 0 saturated carbocycles. The van der Waals surface area contributed by atoms with Gasteiger partial charge in [0, 0.05) is 10.6 Å². The molecule has 0 spiro atoms. The minimum absolute atomic E-state index is 0.682. The van der Waals surface area contributed by atoms with Crippen LogP contribution in [0.4, 0.5) is 0 Å². The Labute approximate surface area is 107 Å². The Balaban J connectivity index is 2.59. The fourth-order valence-electron chi connectivity index (χ4n) is 1.47. The maximum absolute atomic E-state index is 6.10. The van der Waals surface area contributed by atoms with Crippen molar-refractivity contribution >= 4 is 27.5 Å². The lowest BCUT2D eigenvalue weighted by Crippen LogP contribution is -1.90. The monoisotopic (exact) mass is 300 g/mol. The largest absolute Gasteiger partial charge is 0.496 e. The number of methoxy groups -OCH3 is 1. The number of rotatable bonds is 2. The van der Waals surface area contributed by atoms with Crippen molar-refractivity contribution in [3.63, 3.8) is 0 Å². The second-order valence-corrected chi connectivity index (χ2v) is 4.55. The maximum atomic E-state index is 6.10. The van der Waals surface area contributed by atoms with E-state index >= 15 is 0 Å². The number of hydrogen-bond donors (Lipinski definition) is 1. The highest BCUT2D eigenvalue weighted by atomic mass is 79.9. The van der Waals surface area contributed by atoms with Gasteiger partial charge in [-0.15, -0.1) is 0 Å². The summed E-state index contributed by atoms with van der Waals surface area (Å²) in [6.45, 7) is 1.94. The smallest absolute Gasteiger partial charge is 0.174 e. The van der Waals surface area contributed by atoms with Crippen LogP contribution < -0.4 is 4.74 Å². The highest BCUT2D eigenvalue weighted by Gasteiger charge is 2.11. The lowest BCUT2D eigenvalue weighted by Gasteiger charge is -2.09. The molecule has 1 aromatic carbocycles. The van der Waals surface area contributed by atoms with Crippen LogP contribution >= 0.6 is 27.5 Å². The number of H-pyrrole nitrogens is 1. The number of nitrogens with one attached hydrogen (secondary N) is 1. The van der Waals surface area contributed by atoms with Crippen LogP contribution in [-0.4, -0.2) is 17.1 Å². The topological polar surface area (TPSA) is 37.9 Å². The zero-order valence-corrected chi connectivity index (χ0v) is 11.2. The van der Waals surface area contributed by atoms with Gasteiger partial charge in [-0.25, -0.2) is 4.98 Å². The van der Waals surface area contributed by atoms with E-state index in [4.69, 9.17) is 16.3 Å². The highest BCUT2D eigenvalue weighted by molar-refractivity contribution is 9.10. The lowest BCUT2D eigenvalue weighted by molar-refractivity contribution is 0.416. The first kappa shape index (κ1) is 11.5. The number of aromatic nitrogens is 2. The molecule has 1 heterocycles. The van der Waals surface area contributed by atoms with Crippen molar-refractivity contribution < 1.29 is 4.74 Å². The molecule has 84 valence electrons.